The molecule has 156 valence electrons. The number of hydrogen-bond donors (Lipinski definition) is 0. The number of amidine groups is 1. The summed E-state index contributed by atoms with van der Waals surface area (Å²) in [7, 11) is 1.62. The van der Waals surface area contributed by atoms with Crippen molar-refractivity contribution in [3.05, 3.63) is 93.2 Å². The summed E-state index contributed by atoms with van der Waals surface area (Å²) in [5.41, 5.74) is 1.80. The van der Waals surface area contributed by atoms with Crippen LogP contribution < -0.4 is 4.74 Å². The lowest BCUT2D eigenvalue weighted by Gasteiger charge is -2.12. The van der Waals surface area contributed by atoms with E-state index >= 15 is 0 Å². The molecule has 31 heavy (non-hydrogen) atoms. The molecule has 2 heterocycles. The standard InChI is InChI=1S/C23H18BrN3O3S/c1-29-19-9-7-16(8-10-19)13-21-22(28)27(15-20-6-3-11-30-20)23(31-21)26-25-14-17-4-2-5-18(24)12-17/h2-14H,15H2,1H3/b21-13-,25-14+,26-23-. The molecular weight excluding hydrogens is 478 g/mol. The van der Waals surface area contributed by atoms with Crippen LogP contribution >= 0.6 is 27.7 Å². The molecule has 8 heteroatoms. The third-order valence-electron chi connectivity index (χ3n) is 4.39. The highest BCUT2D eigenvalue weighted by Gasteiger charge is 2.34. The molecule has 3 aromatic rings. The van der Waals surface area contributed by atoms with E-state index in [9.17, 15) is 4.79 Å². The van der Waals surface area contributed by atoms with Gasteiger partial charge in [-0.2, -0.15) is 5.10 Å². The molecular formula is C23H18BrN3O3S. The van der Waals surface area contributed by atoms with Gasteiger partial charge >= 0.3 is 0 Å². The van der Waals surface area contributed by atoms with E-state index in [1.807, 2.05) is 60.7 Å². The van der Waals surface area contributed by atoms with Crippen molar-refractivity contribution in [3.63, 3.8) is 0 Å². The predicted octanol–water partition coefficient (Wildman–Crippen LogP) is 5.56. The van der Waals surface area contributed by atoms with Gasteiger partial charge in [0.05, 0.1) is 31.0 Å². The van der Waals surface area contributed by atoms with Crippen LogP contribution in [-0.2, 0) is 11.3 Å². The van der Waals surface area contributed by atoms with Gasteiger partial charge in [0, 0.05) is 4.47 Å². The average molecular weight is 496 g/mol. The number of furan rings is 1. The van der Waals surface area contributed by atoms with Gasteiger partial charge in [-0.05, 0) is 65.4 Å². The second-order valence-corrected chi connectivity index (χ2v) is 8.46. The van der Waals surface area contributed by atoms with E-state index in [-0.39, 0.29) is 12.5 Å². The highest BCUT2D eigenvalue weighted by atomic mass is 79.9. The van der Waals surface area contributed by atoms with E-state index in [0.29, 0.717) is 15.8 Å². The maximum absolute atomic E-state index is 13.1. The van der Waals surface area contributed by atoms with Gasteiger partial charge in [0.1, 0.15) is 11.5 Å². The zero-order valence-electron chi connectivity index (χ0n) is 16.6. The van der Waals surface area contributed by atoms with Crippen molar-refractivity contribution >= 4 is 51.1 Å². The number of carbonyl (C=O) groups is 1. The van der Waals surface area contributed by atoms with Crippen molar-refractivity contribution in [1.29, 1.82) is 0 Å². The molecule has 0 N–H and O–H groups in total. The number of thioether (sulfide) groups is 1. The van der Waals surface area contributed by atoms with Gasteiger partial charge in [-0.1, -0.05) is 40.2 Å². The van der Waals surface area contributed by atoms with E-state index in [4.69, 9.17) is 9.15 Å². The maximum Gasteiger partial charge on any atom is 0.267 e. The maximum atomic E-state index is 13.1. The summed E-state index contributed by atoms with van der Waals surface area (Å²) < 4.78 is 11.6. The van der Waals surface area contributed by atoms with Gasteiger partial charge in [-0.25, -0.2) is 0 Å². The Kier molecular flexibility index (Phi) is 6.69. The van der Waals surface area contributed by atoms with Crippen LogP contribution in [0, 0.1) is 0 Å². The van der Waals surface area contributed by atoms with Crippen molar-refractivity contribution in [2.24, 2.45) is 10.2 Å². The first-order chi connectivity index (χ1) is 15.1. The number of ether oxygens (including phenoxy) is 1. The lowest BCUT2D eigenvalue weighted by molar-refractivity contribution is -0.122. The summed E-state index contributed by atoms with van der Waals surface area (Å²) in [6.07, 6.45) is 5.07. The molecule has 0 bridgehead atoms. The van der Waals surface area contributed by atoms with Crippen molar-refractivity contribution in [3.8, 4) is 5.75 Å². The number of nitrogens with zero attached hydrogens (tertiary/aromatic N) is 3. The molecule has 1 aromatic heterocycles. The fourth-order valence-corrected chi connectivity index (χ4v) is 4.22. The van der Waals surface area contributed by atoms with Gasteiger partial charge < -0.3 is 9.15 Å². The highest BCUT2D eigenvalue weighted by Crippen LogP contribution is 2.34. The quantitative estimate of drug-likeness (QED) is 0.255. The number of benzene rings is 2. The molecule has 1 saturated heterocycles. The Hall–Kier alpha value is -3.10. The lowest BCUT2D eigenvalue weighted by Crippen LogP contribution is -2.28. The summed E-state index contributed by atoms with van der Waals surface area (Å²) in [6, 6.07) is 18.9. The van der Waals surface area contributed by atoms with Gasteiger partial charge in [0.25, 0.3) is 5.91 Å². The van der Waals surface area contributed by atoms with Crippen LogP contribution in [0.4, 0.5) is 0 Å². The van der Waals surface area contributed by atoms with E-state index in [0.717, 1.165) is 21.3 Å². The molecule has 1 aliphatic heterocycles. The van der Waals surface area contributed by atoms with Crippen LogP contribution in [-0.4, -0.2) is 29.3 Å². The average Bonchev–Trinajstić information content (AvgIpc) is 3.39. The molecule has 1 amide bonds. The van der Waals surface area contributed by atoms with Crippen LogP contribution in [0.15, 0.2) is 90.9 Å². The van der Waals surface area contributed by atoms with E-state index < -0.39 is 0 Å². The fourth-order valence-electron chi connectivity index (χ4n) is 2.86. The summed E-state index contributed by atoms with van der Waals surface area (Å²) in [6.45, 7) is 0.282. The summed E-state index contributed by atoms with van der Waals surface area (Å²) in [5, 5.41) is 9.00. The Morgan fingerprint density at radius 2 is 1.97 bits per heavy atom. The Morgan fingerprint density at radius 1 is 1.13 bits per heavy atom. The van der Waals surface area contributed by atoms with Gasteiger partial charge in [-0.15, -0.1) is 5.10 Å². The Bertz CT molecular complexity index is 1160. The third kappa shape index (κ3) is 5.34. The third-order valence-corrected chi connectivity index (χ3v) is 5.88. The van der Waals surface area contributed by atoms with Crippen molar-refractivity contribution in [1.82, 2.24) is 4.90 Å². The Balaban J connectivity index is 1.60. The minimum atomic E-state index is -0.145. The molecule has 4 rings (SSSR count). The number of halogens is 1. The Labute approximate surface area is 192 Å². The second kappa shape index (κ2) is 9.80. The van der Waals surface area contributed by atoms with Crippen LogP contribution in [0.1, 0.15) is 16.9 Å². The number of hydrogen-bond acceptors (Lipinski definition) is 6. The van der Waals surface area contributed by atoms with Gasteiger partial charge in [0.15, 0.2) is 5.17 Å². The van der Waals surface area contributed by atoms with E-state index in [1.54, 1.807) is 30.6 Å². The molecule has 2 aromatic carbocycles. The molecule has 0 unspecified atom stereocenters. The predicted molar refractivity (Wildman–Crippen MR) is 127 cm³/mol. The number of rotatable bonds is 6. The van der Waals surface area contributed by atoms with Crippen LogP contribution in [0.25, 0.3) is 6.08 Å². The zero-order valence-corrected chi connectivity index (χ0v) is 19.0. The second-order valence-electron chi connectivity index (χ2n) is 6.54. The van der Waals surface area contributed by atoms with Gasteiger partial charge in [0.2, 0.25) is 0 Å². The molecule has 0 radical (unpaired) electrons. The first-order valence-corrected chi connectivity index (χ1v) is 11.0. The first-order valence-electron chi connectivity index (χ1n) is 9.37. The lowest BCUT2D eigenvalue weighted by atomic mass is 10.2. The minimum absolute atomic E-state index is 0.145. The van der Waals surface area contributed by atoms with Crippen LogP contribution in [0.5, 0.6) is 5.75 Å². The summed E-state index contributed by atoms with van der Waals surface area (Å²) in [4.78, 5) is 15.2. The molecule has 0 aliphatic carbocycles. The topological polar surface area (TPSA) is 67.4 Å². The summed E-state index contributed by atoms with van der Waals surface area (Å²) >= 11 is 4.72. The van der Waals surface area contributed by atoms with Crippen molar-refractivity contribution < 1.29 is 13.9 Å². The van der Waals surface area contributed by atoms with E-state index in [1.165, 1.54) is 11.8 Å². The summed E-state index contributed by atoms with van der Waals surface area (Å²) in [5.74, 6) is 1.29. The molecule has 0 atom stereocenters. The SMILES string of the molecule is COc1ccc(/C=C2\S/C(=N\N=C\c3cccc(Br)c3)N(Cc3ccco3)C2=O)cc1. The fraction of sp³-hybridized carbons (Fsp3) is 0.0870. The van der Waals surface area contributed by atoms with Crippen molar-refractivity contribution in [2.75, 3.05) is 7.11 Å². The Morgan fingerprint density at radius 3 is 2.68 bits per heavy atom. The normalized spacial score (nSPS) is 16.7. The number of amides is 1. The number of methoxy groups -OCH3 is 1. The van der Waals surface area contributed by atoms with Crippen molar-refractivity contribution in [2.45, 2.75) is 6.54 Å². The van der Waals surface area contributed by atoms with Gasteiger partial charge in [-0.3, -0.25) is 9.69 Å². The largest absolute Gasteiger partial charge is 0.497 e. The molecule has 6 nitrogen and oxygen atoms in total. The zero-order chi connectivity index (χ0) is 21.6. The molecule has 1 aliphatic rings. The van der Waals surface area contributed by atoms with E-state index in [2.05, 4.69) is 26.1 Å². The first kappa shape index (κ1) is 21.1. The van der Waals surface area contributed by atoms with Crippen LogP contribution in [0.3, 0.4) is 0 Å². The molecule has 1 fully saturated rings. The smallest absolute Gasteiger partial charge is 0.267 e. The monoisotopic (exact) mass is 495 g/mol. The number of carbonyl (C=O) groups excluding carboxylic acids is 1. The highest BCUT2D eigenvalue weighted by molar-refractivity contribution is 9.10. The molecule has 0 saturated carbocycles. The van der Waals surface area contributed by atoms with Crippen LogP contribution in [0.2, 0.25) is 0 Å². The minimum Gasteiger partial charge on any atom is -0.497 e. The molecule has 0 spiro atoms.